The highest BCUT2D eigenvalue weighted by Gasteiger charge is 2.28. The van der Waals surface area contributed by atoms with E-state index in [2.05, 4.69) is 6.07 Å². The maximum absolute atomic E-state index is 11.5. The van der Waals surface area contributed by atoms with Crippen LogP contribution in [-0.2, 0) is 6.42 Å². The number of aryl methyl sites for hydroxylation is 1. The summed E-state index contributed by atoms with van der Waals surface area (Å²) in [6, 6.07) is 5.68. The number of primary amides is 1. The van der Waals surface area contributed by atoms with Gasteiger partial charge < -0.3 is 5.73 Å². The Morgan fingerprint density at radius 3 is 2.89 bits per heavy atom. The molecule has 4 heteroatoms. The van der Waals surface area contributed by atoms with Crippen molar-refractivity contribution in [3.05, 3.63) is 40.0 Å². The van der Waals surface area contributed by atoms with Gasteiger partial charge >= 0.3 is 6.03 Å². The van der Waals surface area contributed by atoms with Crippen molar-refractivity contribution >= 4 is 23.2 Å². The zero-order valence-electron chi connectivity index (χ0n) is 10.1. The minimum Gasteiger partial charge on any atom is -0.351 e. The molecule has 94 valence electrons. The van der Waals surface area contributed by atoms with Gasteiger partial charge in [0.25, 0.3) is 0 Å². The number of urea groups is 1. The highest BCUT2D eigenvalue weighted by molar-refractivity contribution is 6.30. The molecule has 18 heavy (non-hydrogen) atoms. The van der Waals surface area contributed by atoms with E-state index in [1.165, 1.54) is 16.7 Å². The van der Waals surface area contributed by atoms with Crippen LogP contribution in [0.1, 0.15) is 30.4 Å². The van der Waals surface area contributed by atoms with Gasteiger partial charge in [0, 0.05) is 17.3 Å². The first-order valence-electron chi connectivity index (χ1n) is 6.24. The largest absolute Gasteiger partial charge is 0.351 e. The summed E-state index contributed by atoms with van der Waals surface area (Å²) < 4.78 is 0. The predicted octanol–water partition coefficient (Wildman–Crippen LogP) is 3.17. The molecule has 0 radical (unpaired) electrons. The third-order valence-electron chi connectivity index (χ3n) is 3.77. The summed E-state index contributed by atoms with van der Waals surface area (Å²) in [7, 11) is 0. The standard InChI is InChI=1S/C14H15ClN2O/c15-10-4-5-11-9(8-10)3-6-13-12(11)2-1-7-17(13)14(16)18/h4-5,8H,1-3,6-7H2,(H2,16,18). The summed E-state index contributed by atoms with van der Waals surface area (Å²) >= 11 is 6.03. The second-order valence-corrected chi connectivity index (χ2v) is 5.26. The van der Waals surface area contributed by atoms with E-state index in [4.69, 9.17) is 17.3 Å². The van der Waals surface area contributed by atoms with E-state index in [1.54, 1.807) is 4.90 Å². The summed E-state index contributed by atoms with van der Waals surface area (Å²) in [6.07, 6.45) is 3.81. The molecule has 0 fully saturated rings. The molecule has 0 bridgehead atoms. The van der Waals surface area contributed by atoms with E-state index in [1.807, 2.05) is 12.1 Å². The van der Waals surface area contributed by atoms with E-state index in [0.717, 1.165) is 42.9 Å². The summed E-state index contributed by atoms with van der Waals surface area (Å²) in [5.41, 5.74) is 10.4. The first kappa shape index (κ1) is 11.6. The summed E-state index contributed by atoms with van der Waals surface area (Å²) in [5.74, 6) is 0. The summed E-state index contributed by atoms with van der Waals surface area (Å²) in [4.78, 5) is 13.2. The fourth-order valence-corrected chi connectivity index (χ4v) is 3.19. The Morgan fingerprint density at radius 2 is 2.11 bits per heavy atom. The molecule has 0 saturated heterocycles. The molecule has 1 aliphatic carbocycles. The molecule has 3 nitrogen and oxygen atoms in total. The quantitative estimate of drug-likeness (QED) is 0.767. The van der Waals surface area contributed by atoms with Crippen molar-refractivity contribution in [1.29, 1.82) is 0 Å². The number of halogens is 1. The van der Waals surface area contributed by atoms with Crippen LogP contribution in [0.15, 0.2) is 23.9 Å². The fourth-order valence-electron chi connectivity index (χ4n) is 2.99. The number of hydrogen-bond donors (Lipinski definition) is 1. The average molecular weight is 263 g/mol. The van der Waals surface area contributed by atoms with E-state index in [-0.39, 0.29) is 6.03 Å². The van der Waals surface area contributed by atoms with Gasteiger partial charge in [0.1, 0.15) is 0 Å². The number of nitrogens with zero attached hydrogens (tertiary/aromatic N) is 1. The minimum absolute atomic E-state index is 0.334. The smallest absolute Gasteiger partial charge is 0.319 e. The number of nitrogens with two attached hydrogens (primary N) is 1. The molecule has 0 aromatic heterocycles. The number of allylic oxidation sites excluding steroid dienone is 2. The topological polar surface area (TPSA) is 46.3 Å². The second-order valence-electron chi connectivity index (χ2n) is 4.82. The third kappa shape index (κ3) is 1.79. The number of amides is 2. The zero-order valence-corrected chi connectivity index (χ0v) is 10.8. The summed E-state index contributed by atoms with van der Waals surface area (Å²) in [5, 5.41) is 0.778. The SMILES string of the molecule is NC(=O)N1CCCC2=C1CCc1cc(Cl)ccc12. The van der Waals surface area contributed by atoms with Crippen LogP contribution in [0.2, 0.25) is 5.02 Å². The van der Waals surface area contributed by atoms with Crippen molar-refractivity contribution in [1.82, 2.24) is 4.90 Å². The molecular formula is C14H15ClN2O. The molecule has 1 heterocycles. The van der Waals surface area contributed by atoms with Crippen LogP contribution in [-0.4, -0.2) is 17.5 Å². The van der Waals surface area contributed by atoms with Crippen molar-refractivity contribution < 1.29 is 4.79 Å². The summed E-state index contributed by atoms with van der Waals surface area (Å²) in [6.45, 7) is 0.747. The Hall–Kier alpha value is -1.48. The van der Waals surface area contributed by atoms with Crippen molar-refractivity contribution in [2.45, 2.75) is 25.7 Å². The highest BCUT2D eigenvalue weighted by atomic mass is 35.5. The van der Waals surface area contributed by atoms with Gasteiger partial charge in [-0.15, -0.1) is 0 Å². The monoisotopic (exact) mass is 262 g/mol. The van der Waals surface area contributed by atoms with Gasteiger partial charge in [-0.2, -0.15) is 0 Å². The van der Waals surface area contributed by atoms with Crippen LogP contribution in [0.5, 0.6) is 0 Å². The Bertz CT molecular complexity index is 551. The van der Waals surface area contributed by atoms with Gasteiger partial charge in [-0.25, -0.2) is 4.79 Å². The van der Waals surface area contributed by atoms with E-state index >= 15 is 0 Å². The van der Waals surface area contributed by atoms with E-state index < -0.39 is 0 Å². The minimum atomic E-state index is -0.334. The normalized spacial score (nSPS) is 18.4. The molecule has 0 unspecified atom stereocenters. The molecule has 0 atom stereocenters. The van der Waals surface area contributed by atoms with Gasteiger partial charge in [-0.3, -0.25) is 4.90 Å². The van der Waals surface area contributed by atoms with E-state index in [9.17, 15) is 4.79 Å². The average Bonchev–Trinajstić information content (AvgIpc) is 2.37. The van der Waals surface area contributed by atoms with Gasteiger partial charge in [0.2, 0.25) is 0 Å². The number of benzene rings is 1. The van der Waals surface area contributed by atoms with Crippen molar-refractivity contribution in [3.63, 3.8) is 0 Å². The van der Waals surface area contributed by atoms with Crippen molar-refractivity contribution in [2.75, 3.05) is 6.54 Å². The molecule has 0 spiro atoms. The lowest BCUT2D eigenvalue weighted by Gasteiger charge is -2.34. The van der Waals surface area contributed by atoms with Gasteiger partial charge in [-0.1, -0.05) is 17.7 Å². The molecule has 2 aliphatic rings. The lowest BCUT2D eigenvalue weighted by Crippen LogP contribution is -2.39. The highest BCUT2D eigenvalue weighted by Crippen LogP contribution is 2.39. The molecule has 1 aromatic rings. The lowest BCUT2D eigenvalue weighted by atomic mass is 9.84. The van der Waals surface area contributed by atoms with Crippen LogP contribution in [0.4, 0.5) is 4.79 Å². The molecule has 3 rings (SSSR count). The van der Waals surface area contributed by atoms with Crippen molar-refractivity contribution in [2.24, 2.45) is 5.73 Å². The molecule has 1 aliphatic heterocycles. The number of carbonyl (C=O) groups is 1. The van der Waals surface area contributed by atoms with Crippen molar-refractivity contribution in [3.8, 4) is 0 Å². The van der Waals surface area contributed by atoms with Crippen LogP contribution in [0.3, 0.4) is 0 Å². The Morgan fingerprint density at radius 1 is 1.28 bits per heavy atom. The fraction of sp³-hybridized carbons (Fsp3) is 0.357. The molecular weight excluding hydrogens is 248 g/mol. The number of carbonyl (C=O) groups excluding carboxylic acids is 1. The van der Waals surface area contributed by atoms with Gasteiger partial charge in [-0.05, 0) is 54.5 Å². The molecule has 2 N–H and O–H groups in total. The van der Waals surface area contributed by atoms with Crippen LogP contribution >= 0.6 is 11.6 Å². The Kier molecular flexibility index (Phi) is 2.78. The van der Waals surface area contributed by atoms with Gasteiger partial charge in [0.05, 0.1) is 0 Å². The Labute approximate surface area is 111 Å². The lowest BCUT2D eigenvalue weighted by molar-refractivity contribution is 0.216. The van der Waals surface area contributed by atoms with Crippen LogP contribution < -0.4 is 5.73 Å². The first-order chi connectivity index (χ1) is 8.66. The second kappa shape index (κ2) is 4.32. The maximum atomic E-state index is 11.5. The van der Waals surface area contributed by atoms with E-state index in [0.29, 0.717) is 0 Å². The first-order valence-corrected chi connectivity index (χ1v) is 6.62. The number of rotatable bonds is 0. The molecule has 0 saturated carbocycles. The van der Waals surface area contributed by atoms with Crippen LogP contribution in [0.25, 0.3) is 5.57 Å². The van der Waals surface area contributed by atoms with Gasteiger partial charge in [0.15, 0.2) is 0 Å². The third-order valence-corrected chi connectivity index (χ3v) is 4.01. The van der Waals surface area contributed by atoms with Crippen LogP contribution in [0, 0.1) is 0 Å². The maximum Gasteiger partial charge on any atom is 0.319 e. The molecule has 2 amide bonds. The predicted molar refractivity (Wildman–Crippen MR) is 72.2 cm³/mol. The number of fused-ring (bicyclic) bond motifs is 2. The zero-order chi connectivity index (χ0) is 12.7. The molecule has 1 aromatic carbocycles. The Balaban J connectivity index is 2.11. The number of hydrogen-bond acceptors (Lipinski definition) is 1.